The zero-order valence-electron chi connectivity index (χ0n) is 8.77. The molecule has 0 spiro atoms. The monoisotopic (exact) mass is 188 g/mol. The van der Waals surface area contributed by atoms with E-state index in [4.69, 9.17) is 0 Å². The molecule has 0 saturated heterocycles. The van der Waals surface area contributed by atoms with E-state index in [2.05, 4.69) is 36.0 Å². The van der Waals surface area contributed by atoms with Crippen molar-refractivity contribution in [3.8, 4) is 0 Å². The van der Waals surface area contributed by atoms with E-state index in [1.54, 1.807) is 12.4 Å². The van der Waals surface area contributed by atoms with E-state index in [0.717, 1.165) is 17.1 Å². The molecule has 0 aromatic carbocycles. The van der Waals surface area contributed by atoms with Gasteiger partial charge in [-0.2, -0.15) is 0 Å². The molecule has 0 saturated carbocycles. The van der Waals surface area contributed by atoms with Gasteiger partial charge in [0, 0.05) is 12.4 Å². The molecule has 2 heteroatoms. The third kappa shape index (κ3) is 3.13. The van der Waals surface area contributed by atoms with Gasteiger partial charge in [-0.15, -0.1) is 0 Å². The van der Waals surface area contributed by atoms with E-state index in [9.17, 15) is 0 Å². The molecule has 0 bridgehead atoms. The Morgan fingerprint density at radius 2 is 1.79 bits per heavy atom. The SMILES string of the molecule is C1=CCC=c2nccnc2=C1.CCC. The lowest BCUT2D eigenvalue weighted by atomic mass is 10.4. The minimum Gasteiger partial charge on any atom is -0.253 e. The van der Waals surface area contributed by atoms with Crippen LogP contribution in [0.4, 0.5) is 0 Å². The predicted octanol–water partition coefficient (Wildman–Crippen LogP) is 1.41. The first kappa shape index (κ1) is 10.6. The fraction of sp³-hybridized carbons (Fsp3) is 0.333. The lowest BCUT2D eigenvalue weighted by Crippen LogP contribution is -2.29. The summed E-state index contributed by atoms with van der Waals surface area (Å²) in [6.07, 6.45) is 13.8. The standard InChI is InChI=1S/C9H8N2.C3H8/c1-2-4-8-9(5-3-1)11-7-6-10-8;1-3-2/h1-2,4-7H,3H2;3H2,1-2H3. The number of fused-ring (bicyclic) bond motifs is 1. The minimum atomic E-state index is 0.947. The molecule has 1 aromatic rings. The van der Waals surface area contributed by atoms with Crippen molar-refractivity contribution in [2.45, 2.75) is 26.7 Å². The van der Waals surface area contributed by atoms with Crippen LogP contribution in [0, 0.1) is 0 Å². The summed E-state index contributed by atoms with van der Waals surface area (Å²) >= 11 is 0. The van der Waals surface area contributed by atoms with Crippen LogP contribution >= 0.6 is 0 Å². The van der Waals surface area contributed by atoms with E-state index < -0.39 is 0 Å². The van der Waals surface area contributed by atoms with E-state index in [1.807, 2.05) is 12.2 Å². The van der Waals surface area contributed by atoms with Gasteiger partial charge >= 0.3 is 0 Å². The van der Waals surface area contributed by atoms with Gasteiger partial charge in [-0.25, -0.2) is 0 Å². The van der Waals surface area contributed by atoms with Crippen LogP contribution in [0.2, 0.25) is 0 Å². The summed E-state index contributed by atoms with van der Waals surface area (Å²) in [5, 5.41) is 1.94. The van der Waals surface area contributed by atoms with Gasteiger partial charge in [-0.05, 0) is 12.5 Å². The van der Waals surface area contributed by atoms with Crippen molar-refractivity contribution in [2.24, 2.45) is 0 Å². The smallest absolute Gasteiger partial charge is 0.0883 e. The van der Waals surface area contributed by atoms with Gasteiger partial charge in [0.1, 0.15) is 0 Å². The predicted molar refractivity (Wildman–Crippen MR) is 59.9 cm³/mol. The number of nitrogens with zero attached hydrogens (tertiary/aromatic N) is 2. The van der Waals surface area contributed by atoms with E-state index in [1.165, 1.54) is 6.42 Å². The first-order valence-corrected chi connectivity index (χ1v) is 5.02. The van der Waals surface area contributed by atoms with Gasteiger partial charge in [-0.3, -0.25) is 9.97 Å². The molecule has 1 aliphatic carbocycles. The first-order chi connectivity index (χ1) is 6.88. The van der Waals surface area contributed by atoms with Crippen LogP contribution < -0.4 is 10.7 Å². The summed E-state index contributed by atoms with van der Waals surface area (Å²) in [7, 11) is 0. The van der Waals surface area contributed by atoms with Crippen LogP contribution in [0.5, 0.6) is 0 Å². The van der Waals surface area contributed by atoms with Gasteiger partial charge in [-0.1, -0.05) is 38.5 Å². The topological polar surface area (TPSA) is 25.8 Å². The highest BCUT2D eigenvalue weighted by molar-refractivity contribution is 5.40. The van der Waals surface area contributed by atoms with Gasteiger partial charge in [0.25, 0.3) is 0 Å². The highest BCUT2D eigenvalue weighted by atomic mass is 14.8. The number of hydrogen-bond acceptors (Lipinski definition) is 2. The molecule has 2 rings (SSSR count). The zero-order valence-corrected chi connectivity index (χ0v) is 8.77. The summed E-state index contributed by atoms with van der Waals surface area (Å²) in [5.74, 6) is 0. The summed E-state index contributed by atoms with van der Waals surface area (Å²) in [5.41, 5.74) is 0. The van der Waals surface area contributed by atoms with Crippen LogP contribution in [0.15, 0.2) is 24.5 Å². The summed E-state index contributed by atoms with van der Waals surface area (Å²) in [6, 6.07) is 0. The Balaban J connectivity index is 0.000000293. The molecule has 1 aromatic heterocycles. The molecular weight excluding hydrogens is 172 g/mol. The molecule has 0 radical (unpaired) electrons. The number of aromatic nitrogens is 2. The van der Waals surface area contributed by atoms with E-state index >= 15 is 0 Å². The molecule has 0 amide bonds. The Morgan fingerprint density at radius 1 is 1.14 bits per heavy atom. The number of hydrogen-bond donors (Lipinski definition) is 0. The fourth-order valence-corrected chi connectivity index (χ4v) is 1.06. The van der Waals surface area contributed by atoms with Gasteiger partial charge < -0.3 is 0 Å². The van der Waals surface area contributed by atoms with Crippen LogP contribution in [0.1, 0.15) is 26.7 Å². The third-order valence-corrected chi connectivity index (χ3v) is 1.59. The molecule has 0 N–H and O–H groups in total. The lowest BCUT2D eigenvalue weighted by Gasteiger charge is -1.84. The van der Waals surface area contributed by atoms with Gasteiger partial charge in [0.05, 0.1) is 10.7 Å². The van der Waals surface area contributed by atoms with Crippen molar-refractivity contribution >= 4 is 12.2 Å². The zero-order chi connectivity index (χ0) is 10.2. The molecule has 74 valence electrons. The van der Waals surface area contributed by atoms with Crippen LogP contribution in [0.25, 0.3) is 12.2 Å². The van der Waals surface area contributed by atoms with Gasteiger partial charge in [0.2, 0.25) is 0 Å². The third-order valence-electron chi connectivity index (χ3n) is 1.59. The Hall–Kier alpha value is -1.44. The molecule has 0 unspecified atom stereocenters. The van der Waals surface area contributed by atoms with Crippen LogP contribution in [0.3, 0.4) is 0 Å². The van der Waals surface area contributed by atoms with Crippen molar-refractivity contribution in [1.82, 2.24) is 9.97 Å². The second kappa shape index (κ2) is 6.08. The van der Waals surface area contributed by atoms with E-state index in [-0.39, 0.29) is 0 Å². The molecular formula is C12H16N2. The summed E-state index contributed by atoms with van der Waals surface area (Å²) in [4.78, 5) is 8.37. The van der Waals surface area contributed by atoms with Crippen molar-refractivity contribution in [3.63, 3.8) is 0 Å². The Labute approximate surface area is 84.7 Å². The Morgan fingerprint density at radius 3 is 2.50 bits per heavy atom. The minimum absolute atomic E-state index is 0.947. The van der Waals surface area contributed by atoms with Crippen LogP contribution in [-0.2, 0) is 0 Å². The van der Waals surface area contributed by atoms with Gasteiger partial charge in [0.15, 0.2) is 0 Å². The molecule has 0 aliphatic heterocycles. The lowest BCUT2D eigenvalue weighted by molar-refractivity contribution is 1.09. The second-order valence-corrected chi connectivity index (χ2v) is 3.07. The molecule has 2 nitrogen and oxygen atoms in total. The van der Waals surface area contributed by atoms with Crippen molar-refractivity contribution < 1.29 is 0 Å². The quantitative estimate of drug-likeness (QED) is 0.615. The number of rotatable bonds is 0. The molecule has 0 atom stereocenters. The summed E-state index contributed by atoms with van der Waals surface area (Å²) < 4.78 is 0. The maximum Gasteiger partial charge on any atom is 0.0883 e. The maximum absolute atomic E-state index is 4.19. The summed E-state index contributed by atoms with van der Waals surface area (Å²) in [6.45, 7) is 4.25. The average molecular weight is 188 g/mol. The van der Waals surface area contributed by atoms with Crippen molar-refractivity contribution in [3.05, 3.63) is 35.2 Å². The molecule has 1 aliphatic rings. The largest absolute Gasteiger partial charge is 0.253 e. The average Bonchev–Trinajstić information content (AvgIpc) is 2.43. The molecule has 14 heavy (non-hydrogen) atoms. The number of allylic oxidation sites excluding steroid dienone is 2. The highest BCUT2D eigenvalue weighted by Crippen LogP contribution is 1.85. The Kier molecular flexibility index (Phi) is 4.62. The first-order valence-electron chi connectivity index (χ1n) is 5.02. The van der Waals surface area contributed by atoms with E-state index in [0.29, 0.717) is 0 Å². The molecule has 1 heterocycles. The van der Waals surface area contributed by atoms with Crippen molar-refractivity contribution in [1.29, 1.82) is 0 Å². The van der Waals surface area contributed by atoms with Crippen molar-refractivity contribution in [2.75, 3.05) is 0 Å². The highest BCUT2D eigenvalue weighted by Gasteiger charge is 1.87. The normalized spacial score (nSPS) is 12.4. The fourth-order valence-electron chi connectivity index (χ4n) is 1.06. The van der Waals surface area contributed by atoms with Crippen LogP contribution in [-0.4, -0.2) is 9.97 Å². The molecule has 0 fully saturated rings. The Bertz CT molecular complexity index is 405. The second-order valence-electron chi connectivity index (χ2n) is 3.07. The maximum atomic E-state index is 4.19.